The summed E-state index contributed by atoms with van der Waals surface area (Å²) in [4.78, 5) is 15.1. The molecular formula is C21H24N2O3S. The molecule has 0 spiro atoms. The Morgan fingerprint density at radius 3 is 2.33 bits per heavy atom. The fourth-order valence-electron chi connectivity index (χ4n) is 4.04. The van der Waals surface area contributed by atoms with Gasteiger partial charge in [-0.3, -0.25) is 4.79 Å². The zero-order valence-corrected chi connectivity index (χ0v) is 16.3. The first-order valence-electron chi connectivity index (χ1n) is 9.50. The highest BCUT2D eigenvalue weighted by Gasteiger charge is 2.32. The SMILES string of the molecule is C[C@H]1Cc2ccccc2N1C(=O)c1ccc(S(=O)(=O)N2CCCCC2)cc1. The van der Waals surface area contributed by atoms with Gasteiger partial charge in [0.1, 0.15) is 0 Å². The standard InChI is InChI=1S/C21H24N2O3S/c1-16-15-18-7-3-4-8-20(18)23(16)21(24)17-9-11-19(12-10-17)27(25,26)22-13-5-2-6-14-22/h3-4,7-12,16H,2,5-6,13-15H2,1H3/t16-/m0/s1. The average molecular weight is 385 g/mol. The lowest BCUT2D eigenvalue weighted by molar-refractivity contribution is 0.0981. The third-order valence-electron chi connectivity index (χ3n) is 5.48. The predicted molar refractivity (Wildman–Crippen MR) is 105 cm³/mol. The molecule has 1 amide bonds. The Balaban J connectivity index is 1.58. The lowest BCUT2D eigenvalue weighted by atomic mass is 10.1. The third-order valence-corrected chi connectivity index (χ3v) is 7.39. The van der Waals surface area contributed by atoms with Gasteiger partial charge in [-0.25, -0.2) is 8.42 Å². The molecule has 1 fully saturated rings. The summed E-state index contributed by atoms with van der Waals surface area (Å²) in [6, 6.07) is 14.4. The number of nitrogens with zero attached hydrogens (tertiary/aromatic N) is 2. The Morgan fingerprint density at radius 1 is 0.963 bits per heavy atom. The normalized spacial score (nSPS) is 20.5. The van der Waals surface area contributed by atoms with Crippen molar-refractivity contribution in [1.29, 1.82) is 0 Å². The van der Waals surface area contributed by atoms with Crippen LogP contribution in [0.4, 0.5) is 5.69 Å². The first kappa shape index (κ1) is 18.2. The molecule has 1 atom stereocenters. The Kier molecular flexibility index (Phi) is 4.78. The van der Waals surface area contributed by atoms with Gasteiger partial charge < -0.3 is 4.90 Å². The summed E-state index contributed by atoms with van der Waals surface area (Å²) in [5, 5.41) is 0. The molecule has 0 aliphatic carbocycles. The van der Waals surface area contributed by atoms with Gasteiger partial charge in [-0.1, -0.05) is 24.6 Å². The molecule has 1 saturated heterocycles. The minimum absolute atomic E-state index is 0.0885. The summed E-state index contributed by atoms with van der Waals surface area (Å²) in [6.45, 7) is 3.18. The van der Waals surface area contributed by atoms with Gasteiger partial charge in [0.15, 0.2) is 0 Å². The van der Waals surface area contributed by atoms with E-state index in [1.165, 1.54) is 5.56 Å². The average Bonchev–Trinajstić information content (AvgIpc) is 3.04. The van der Waals surface area contributed by atoms with E-state index in [2.05, 4.69) is 0 Å². The smallest absolute Gasteiger partial charge is 0.258 e. The summed E-state index contributed by atoms with van der Waals surface area (Å²) in [5.74, 6) is -0.0885. The molecule has 142 valence electrons. The van der Waals surface area contributed by atoms with Crippen molar-refractivity contribution in [3.63, 3.8) is 0 Å². The van der Waals surface area contributed by atoms with E-state index < -0.39 is 10.0 Å². The highest BCUT2D eigenvalue weighted by atomic mass is 32.2. The number of fused-ring (bicyclic) bond motifs is 1. The van der Waals surface area contributed by atoms with Gasteiger partial charge in [-0.2, -0.15) is 4.31 Å². The number of hydrogen-bond acceptors (Lipinski definition) is 3. The van der Waals surface area contributed by atoms with Gasteiger partial charge in [0, 0.05) is 30.4 Å². The number of carbonyl (C=O) groups excluding carboxylic acids is 1. The van der Waals surface area contributed by atoms with Crippen molar-refractivity contribution >= 4 is 21.6 Å². The molecule has 0 N–H and O–H groups in total. The van der Waals surface area contributed by atoms with E-state index in [-0.39, 0.29) is 16.8 Å². The molecule has 2 aromatic rings. The lowest BCUT2D eigenvalue weighted by Crippen LogP contribution is -2.36. The van der Waals surface area contributed by atoms with Gasteiger partial charge in [0.25, 0.3) is 5.91 Å². The Bertz CT molecular complexity index is 948. The Hall–Kier alpha value is -2.18. The zero-order valence-electron chi connectivity index (χ0n) is 15.5. The molecular weight excluding hydrogens is 360 g/mol. The number of benzene rings is 2. The van der Waals surface area contributed by atoms with E-state index in [9.17, 15) is 13.2 Å². The van der Waals surface area contributed by atoms with Crippen molar-refractivity contribution in [2.24, 2.45) is 0 Å². The maximum Gasteiger partial charge on any atom is 0.258 e. The van der Waals surface area contributed by atoms with E-state index in [1.807, 2.05) is 36.1 Å². The molecule has 0 bridgehead atoms. The molecule has 2 aliphatic heterocycles. The van der Waals surface area contributed by atoms with Crippen molar-refractivity contribution in [2.45, 2.75) is 43.5 Å². The number of anilines is 1. The molecule has 2 aromatic carbocycles. The molecule has 0 unspecified atom stereocenters. The number of amides is 1. The van der Waals surface area contributed by atoms with Crippen LogP contribution in [0.2, 0.25) is 0 Å². The third kappa shape index (κ3) is 3.28. The lowest BCUT2D eigenvalue weighted by Gasteiger charge is -2.26. The van der Waals surface area contributed by atoms with Crippen molar-refractivity contribution in [1.82, 2.24) is 4.31 Å². The summed E-state index contributed by atoms with van der Waals surface area (Å²) in [7, 11) is -3.47. The highest BCUT2D eigenvalue weighted by Crippen LogP contribution is 2.33. The van der Waals surface area contributed by atoms with Gasteiger partial charge in [0.2, 0.25) is 10.0 Å². The topological polar surface area (TPSA) is 57.7 Å². The van der Waals surface area contributed by atoms with E-state index >= 15 is 0 Å². The second-order valence-corrected chi connectivity index (χ2v) is 9.28. The van der Waals surface area contributed by atoms with Crippen LogP contribution in [0, 0.1) is 0 Å². The number of hydrogen-bond donors (Lipinski definition) is 0. The van der Waals surface area contributed by atoms with E-state index in [4.69, 9.17) is 0 Å². The second-order valence-electron chi connectivity index (χ2n) is 7.35. The number of rotatable bonds is 3. The first-order valence-corrected chi connectivity index (χ1v) is 10.9. The van der Waals surface area contributed by atoms with Crippen LogP contribution in [-0.2, 0) is 16.4 Å². The second kappa shape index (κ2) is 7.09. The first-order chi connectivity index (χ1) is 13.0. The molecule has 0 saturated carbocycles. The van der Waals surface area contributed by atoms with Crippen molar-refractivity contribution in [3.05, 3.63) is 59.7 Å². The fourth-order valence-corrected chi connectivity index (χ4v) is 5.55. The van der Waals surface area contributed by atoms with E-state index in [0.717, 1.165) is 31.4 Å². The Labute approximate surface area is 160 Å². The maximum atomic E-state index is 13.0. The summed E-state index contributed by atoms with van der Waals surface area (Å²) in [6.07, 6.45) is 3.72. The zero-order chi connectivity index (χ0) is 19.0. The molecule has 2 aliphatic rings. The predicted octanol–water partition coefficient (Wildman–Crippen LogP) is 3.45. The van der Waals surface area contributed by atoms with E-state index in [1.54, 1.807) is 28.6 Å². The van der Waals surface area contributed by atoms with Crippen LogP contribution < -0.4 is 4.90 Å². The molecule has 6 heteroatoms. The van der Waals surface area contributed by atoms with Gasteiger partial charge in [-0.05, 0) is 62.1 Å². The molecule has 2 heterocycles. The van der Waals surface area contributed by atoms with E-state index in [0.29, 0.717) is 18.7 Å². The van der Waals surface area contributed by atoms with Crippen LogP contribution >= 0.6 is 0 Å². The number of sulfonamides is 1. The number of carbonyl (C=O) groups is 1. The van der Waals surface area contributed by atoms with Crippen LogP contribution in [0.5, 0.6) is 0 Å². The fraction of sp³-hybridized carbons (Fsp3) is 0.381. The monoisotopic (exact) mass is 384 g/mol. The highest BCUT2D eigenvalue weighted by molar-refractivity contribution is 7.89. The molecule has 0 radical (unpaired) electrons. The van der Waals surface area contributed by atoms with Gasteiger partial charge in [-0.15, -0.1) is 0 Å². The largest absolute Gasteiger partial charge is 0.305 e. The van der Waals surface area contributed by atoms with Crippen LogP contribution in [-0.4, -0.2) is 37.8 Å². The summed E-state index contributed by atoms with van der Waals surface area (Å²) >= 11 is 0. The van der Waals surface area contributed by atoms with Crippen molar-refractivity contribution in [3.8, 4) is 0 Å². The minimum Gasteiger partial charge on any atom is -0.305 e. The number of para-hydroxylation sites is 1. The molecule has 5 nitrogen and oxygen atoms in total. The number of piperidine rings is 1. The van der Waals surface area contributed by atoms with Crippen LogP contribution in [0.1, 0.15) is 42.1 Å². The van der Waals surface area contributed by atoms with Crippen LogP contribution in [0.15, 0.2) is 53.4 Å². The van der Waals surface area contributed by atoms with Crippen molar-refractivity contribution < 1.29 is 13.2 Å². The quantitative estimate of drug-likeness (QED) is 0.814. The van der Waals surface area contributed by atoms with Gasteiger partial charge >= 0.3 is 0 Å². The Morgan fingerprint density at radius 2 is 1.63 bits per heavy atom. The molecule has 4 rings (SSSR count). The summed E-state index contributed by atoms with van der Waals surface area (Å²) < 4.78 is 27.1. The molecule has 0 aromatic heterocycles. The van der Waals surface area contributed by atoms with Crippen LogP contribution in [0.25, 0.3) is 0 Å². The van der Waals surface area contributed by atoms with Crippen LogP contribution in [0.3, 0.4) is 0 Å². The van der Waals surface area contributed by atoms with Crippen molar-refractivity contribution in [2.75, 3.05) is 18.0 Å². The maximum absolute atomic E-state index is 13.0. The summed E-state index contributed by atoms with van der Waals surface area (Å²) in [5.41, 5.74) is 2.62. The molecule has 27 heavy (non-hydrogen) atoms. The minimum atomic E-state index is -3.47. The van der Waals surface area contributed by atoms with Gasteiger partial charge in [0.05, 0.1) is 4.90 Å².